The summed E-state index contributed by atoms with van der Waals surface area (Å²) in [6, 6.07) is 1.71. The smallest absolute Gasteiger partial charge is 0.229 e. The van der Waals surface area contributed by atoms with Crippen LogP contribution in [0.1, 0.15) is 6.42 Å². The average Bonchev–Trinajstić information content (AvgIpc) is 2.25. The standard InChI is InChI=1S/C10H15N3O2/c1-13(10(14)4-6-15-2)9-3-5-12-7-8(9)11/h3,5,7H,4,6,11H2,1-2H3. The summed E-state index contributed by atoms with van der Waals surface area (Å²) in [6.07, 6.45) is 3.47. The van der Waals surface area contributed by atoms with E-state index in [9.17, 15) is 4.79 Å². The average molecular weight is 209 g/mol. The Hall–Kier alpha value is -1.62. The lowest BCUT2D eigenvalue weighted by atomic mass is 10.3. The summed E-state index contributed by atoms with van der Waals surface area (Å²) >= 11 is 0. The Bertz CT molecular complexity index is 341. The van der Waals surface area contributed by atoms with Crippen LogP contribution >= 0.6 is 0 Å². The quantitative estimate of drug-likeness (QED) is 0.791. The van der Waals surface area contributed by atoms with Gasteiger partial charge in [0.25, 0.3) is 0 Å². The molecule has 0 saturated carbocycles. The molecule has 0 radical (unpaired) electrons. The highest BCUT2D eigenvalue weighted by Crippen LogP contribution is 2.20. The van der Waals surface area contributed by atoms with Gasteiger partial charge in [0, 0.05) is 20.4 Å². The number of carbonyl (C=O) groups is 1. The van der Waals surface area contributed by atoms with Crippen LogP contribution in [0.3, 0.4) is 0 Å². The van der Waals surface area contributed by atoms with E-state index in [0.29, 0.717) is 24.4 Å². The van der Waals surface area contributed by atoms with E-state index >= 15 is 0 Å². The SMILES string of the molecule is COCCC(=O)N(C)c1ccncc1N. The molecular formula is C10H15N3O2. The number of nitrogen functional groups attached to an aromatic ring is 1. The van der Waals surface area contributed by atoms with Crippen molar-refractivity contribution in [1.29, 1.82) is 0 Å². The van der Waals surface area contributed by atoms with Gasteiger partial charge in [-0.25, -0.2) is 0 Å². The minimum Gasteiger partial charge on any atom is -0.396 e. The third-order valence-electron chi connectivity index (χ3n) is 2.08. The molecule has 5 heteroatoms. The first-order chi connectivity index (χ1) is 7.16. The van der Waals surface area contributed by atoms with Gasteiger partial charge in [-0.2, -0.15) is 0 Å². The van der Waals surface area contributed by atoms with Gasteiger partial charge >= 0.3 is 0 Å². The van der Waals surface area contributed by atoms with Crippen LogP contribution in [-0.2, 0) is 9.53 Å². The lowest BCUT2D eigenvalue weighted by Crippen LogP contribution is -2.27. The molecule has 0 aliphatic rings. The highest BCUT2D eigenvalue weighted by Gasteiger charge is 2.12. The molecular weight excluding hydrogens is 194 g/mol. The zero-order valence-corrected chi connectivity index (χ0v) is 8.93. The van der Waals surface area contributed by atoms with E-state index in [1.807, 2.05) is 0 Å². The molecule has 0 fully saturated rings. The molecule has 82 valence electrons. The van der Waals surface area contributed by atoms with Crippen LogP contribution < -0.4 is 10.6 Å². The topological polar surface area (TPSA) is 68.5 Å². The van der Waals surface area contributed by atoms with Crippen LogP contribution in [0.25, 0.3) is 0 Å². The predicted molar refractivity (Wildman–Crippen MR) is 58.6 cm³/mol. The number of anilines is 2. The largest absolute Gasteiger partial charge is 0.396 e. The number of amides is 1. The van der Waals surface area contributed by atoms with E-state index in [1.54, 1.807) is 26.4 Å². The second-order valence-corrected chi connectivity index (χ2v) is 3.13. The normalized spacial score (nSPS) is 10.0. The lowest BCUT2D eigenvalue weighted by Gasteiger charge is -2.18. The Morgan fingerprint density at radius 2 is 2.40 bits per heavy atom. The van der Waals surface area contributed by atoms with Crippen molar-refractivity contribution in [1.82, 2.24) is 4.98 Å². The van der Waals surface area contributed by atoms with Gasteiger partial charge < -0.3 is 15.4 Å². The van der Waals surface area contributed by atoms with Gasteiger partial charge in [0.15, 0.2) is 0 Å². The Balaban J connectivity index is 2.72. The number of methoxy groups -OCH3 is 1. The number of pyridine rings is 1. The molecule has 5 nitrogen and oxygen atoms in total. The van der Waals surface area contributed by atoms with Gasteiger partial charge in [0.1, 0.15) is 0 Å². The molecule has 0 spiro atoms. The zero-order valence-electron chi connectivity index (χ0n) is 8.93. The van der Waals surface area contributed by atoms with Crippen molar-refractivity contribution in [3.8, 4) is 0 Å². The molecule has 0 aromatic carbocycles. The molecule has 0 aliphatic heterocycles. The first-order valence-electron chi connectivity index (χ1n) is 4.61. The van der Waals surface area contributed by atoms with E-state index in [-0.39, 0.29) is 5.91 Å². The molecule has 1 heterocycles. The first-order valence-corrected chi connectivity index (χ1v) is 4.61. The number of ether oxygens (including phenoxy) is 1. The van der Waals surface area contributed by atoms with Gasteiger partial charge in [0.2, 0.25) is 5.91 Å². The number of carbonyl (C=O) groups excluding carboxylic acids is 1. The van der Waals surface area contributed by atoms with Crippen molar-refractivity contribution in [2.75, 3.05) is 31.4 Å². The van der Waals surface area contributed by atoms with Crippen molar-refractivity contribution in [2.45, 2.75) is 6.42 Å². The maximum atomic E-state index is 11.6. The summed E-state index contributed by atoms with van der Waals surface area (Å²) in [6.45, 7) is 0.411. The summed E-state index contributed by atoms with van der Waals surface area (Å²) in [7, 11) is 3.25. The van der Waals surface area contributed by atoms with Crippen molar-refractivity contribution in [2.24, 2.45) is 0 Å². The lowest BCUT2D eigenvalue weighted by molar-refractivity contribution is -0.119. The number of hydrogen-bond acceptors (Lipinski definition) is 4. The van der Waals surface area contributed by atoms with Crippen molar-refractivity contribution < 1.29 is 9.53 Å². The second kappa shape index (κ2) is 5.31. The number of aromatic nitrogens is 1. The summed E-state index contributed by atoms with van der Waals surface area (Å²) in [5.74, 6) is -0.0326. The van der Waals surface area contributed by atoms with Crippen LogP contribution in [0.15, 0.2) is 18.5 Å². The fraction of sp³-hybridized carbons (Fsp3) is 0.400. The molecule has 1 amide bonds. The van der Waals surface area contributed by atoms with Gasteiger partial charge in [-0.05, 0) is 6.07 Å². The van der Waals surface area contributed by atoms with E-state index in [0.717, 1.165) is 0 Å². The summed E-state index contributed by atoms with van der Waals surface area (Å²) < 4.78 is 4.84. The molecule has 15 heavy (non-hydrogen) atoms. The van der Waals surface area contributed by atoms with Gasteiger partial charge in [-0.3, -0.25) is 9.78 Å². The van der Waals surface area contributed by atoms with Crippen molar-refractivity contribution in [3.05, 3.63) is 18.5 Å². The number of rotatable bonds is 4. The minimum atomic E-state index is -0.0326. The monoisotopic (exact) mass is 209 g/mol. The summed E-state index contributed by atoms with van der Waals surface area (Å²) in [5, 5.41) is 0. The van der Waals surface area contributed by atoms with Crippen LogP contribution in [0.2, 0.25) is 0 Å². The maximum Gasteiger partial charge on any atom is 0.229 e. The van der Waals surface area contributed by atoms with Gasteiger partial charge in [0.05, 0.1) is 30.6 Å². The van der Waals surface area contributed by atoms with E-state index < -0.39 is 0 Å². The van der Waals surface area contributed by atoms with Crippen LogP contribution in [0.5, 0.6) is 0 Å². The minimum absolute atomic E-state index is 0.0326. The predicted octanol–water partition coefficient (Wildman–Crippen LogP) is 0.663. The third kappa shape index (κ3) is 2.92. The molecule has 0 saturated heterocycles. The number of nitrogens with two attached hydrogens (primary N) is 1. The van der Waals surface area contributed by atoms with Crippen LogP contribution in [0, 0.1) is 0 Å². The van der Waals surface area contributed by atoms with Crippen molar-refractivity contribution in [3.63, 3.8) is 0 Å². The molecule has 0 aliphatic carbocycles. The number of hydrogen-bond donors (Lipinski definition) is 1. The highest BCUT2D eigenvalue weighted by atomic mass is 16.5. The molecule has 1 aromatic rings. The fourth-order valence-corrected chi connectivity index (χ4v) is 1.20. The Morgan fingerprint density at radius 1 is 1.67 bits per heavy atom. The fourth-order valence-electron chi connectivity index (χ4n) is 1.20. The Morgan fingerprint density at radius 3 is 3.00 bits per heavy atom. The molecule has 2 N–H and O–H groups in total. The summed E-state index contributed by atoms with van der Waals surface area (Å²) in [5.41, 5.74) is 6.86. The molecule has 0 atom stereocenters. The first kappa shape index (κ1) is 11.5. The van der Waals surface area contributed by atoms with Gasteiger partial charge in [-0.15, -0.1) is 0 Å². The Kier molecular flexibility index (Phi) is 4.05. The zero-order chi connectivity index (χ0) is 11.3. The summed E-state index contributed by atoms with van der Waals surface area (Å²) in [4.78, 5) is 17.0. The molecule has 1 rings (SSSR count). The van der Waals surface area contributed by atoms with Crippen LogP contribution in [-0.4, -0.2) is 31.7 Å². The Labute approximate surface area is 88.9 Å². The van der Waals surface area contributed by atoms with E-state index in [2.05, 4.69) is 4.98 Å². The van der Waals surface area contributed by atoms with E-state index in [4.69, 9.17) is 10.5 Å². The van der Waals surface area contributed by atoms with Crippen LogP contribution in [0.4, 0.5) is 11.4 Å². The highest BCUT2D eigenvalue weighted by molar-refractivity contribution is 5.95. The third-order valence-corrected chi connectivity index (χ3v) is 2.08. The van der Waals surface area contributed by atoms with Gasteiger partial charge in [-0.1, -0.05) is 0 Å². The maximum absolute atomic E-state index is 11.6. The van der Waals surface area contributed by atoms with Crippen molar-refractivity contribution >= 4 is 17.3 Å². The second-order valence-electron chi connectivity index (χ2n) is 3.13. The molecule has 0 unspecified atom stereocenters. The molecule has 0 bridgehead atoms. The molecule has 1 aromatic heterocycles. The van der Waals surface area contributed by atoms with E-state index in [1.165, 1.54) is 11.1 Å². The number of nitrogens with zero attached hydrogens (tertiary/aromatic N) is 2.